The molecule has 0 unspecified atom stereocenters. The van der Waals surface area contributed by atoms with E-state index in [4.69, 9.17) is 4.74 Å². The van der Waals surface area contributed by atoms with Crippen LogP contribution in [0, 0.1) is 0 Å². The summed E-state index contributed by atoms with van der Waals surface area (Å²) in [7, 11) is 0. The number of hydrogen-bond acceptors (Lipinski definition) is 4. The second kappa shape index (κ2) is 10.2. The second-order valence-electron chi connectivity index (χ2n) is 9.55. The Hall–Kier alpha value is -2.51. The number of aromatic nitrogens is 1. The van der Waals surface area contributed by atoms with Crippen LogP contribution < -0.4 is 10.6 Å². The van der Waals surface area contributed by atoms with Gasteiger partial charge in [-0.25, -0.2) is 4.79 Å². The van der Waals surface area contributed by atoms with Crippen LogP contribution in [-0.2, 0) is 9.53 Å². The van der Waals surface area contributed by atoms with Crippen molar-refractivity contribution < 1.29 is 19.1 Å². The number of hydrogen-bond donors (Lipinski definition) is 2. The molecule has 8 heteroatoms. The van der Waals surface area contributed by atoms with Gasteiger partial charge in [-0.2, -0.15) is 0 Å². The minimum absolute atomic E-state index is 0.00269. The molecule has 2 fully saturated rings. The molecule has 2 N–H and O–H groups in total. The maximum Gasteiger partial charge on any atom is 0.410 e. The summed E-state index contributed by atoms with van der Waals surface area (Å²) in [6, 6.07) is 4.11. The van der Waals surface area contributed by atoms with Gasteiger partial charge in [0.25, 0.3) is 5.91 Å². The van der Waals surface area contributed by atoms with Crippen LogP contribution in [0.25, 0.3) is 0 Å². The van der Waals surface area contributed by atoms with Gasteiger partial charge >= 0.3 is 6.09 Å². The molecular formula is C23H36N4O4. The molecule has 1 aliphatic carbocycles. The van der Waals surface area contributed by atoms with Crippen LogP contribution in [0.15, 0.2) is 18.3 Å². The SMILES string of the molecule is CC(C)(C)OC(=O)N1CCC(n2cccc2C(=O)NCCC(=O)NC2CCCC2)CC1. The van der Waals surface area contributed by atoms with E-state index in [1.807, 2.05) is 37.6 Å². The molecule has 1 aromatic heterocycles. The highest BCUT2D eigenvalue weighted by Gasteiger charge is 2.28. The van der Waals surface area contributed by atoms with Gasteiger partial charge in [0.2, 0.25) is 5.91 Å². The van der Waals surface area contributed by atoms with Crippen LogP contribution in [0.2, 0.25) is 0 Å². The normalized spacial score (nSPS) is 18.1. The molecule has 0 atom stereocenters. The monoisotopic (exact) mass is 432 g/mol. The molecular weight excluding hydrogens is 396 g/mol. The zero-order valence-corrected chi connectivity index (χ0v) is 19.0. The number of ether oxygens (including phenoxy) is 1. The van der Waals surface area contributed by atoms with Crippen molar-refractivity contribution >= 4 is 17.9 Å². The van der Waals surface area contributed by atoms with E-state index in [-0.39, 0.29) is 30.4 Å². The Labute approximate surface area is 184 Å². The molecule has 1 aliphatic heterocycles. The fraction of sp³-hybridized carbons (Fsp3) is 0.696. The largest absolute Gasteiger partial charge is 0.444 e. The predicted molar refractivity (Wildman–Crippen MR) is 118 cm³/mol. The van der Waals surface area contributed by atoms with Crippen LogP contribution in [-0.4, -0.2) is 58.7 Å². The Bertz CT molecular complexity index is 769. The molecule has 0 spiro atoms. The summed E-state index contributed by atoms with van der Waals surface area (Å²) in [4.78, 5) is 38.7. The molecule has 2 heterocycles. The van der Waals surface area contributed by atoms with Gasteiger partial charge < -0.3 is 24.8 Å². The molecule has 1 aromatic rings. The fourth-order valence-electron chi connectivity index (χ4n) is 4.31. The first-order valence-corrected chi connectivity index (χ1v) is 11.5. The molecule has 3 rings (SSSR count). The van der Waals surface area contributed by atoms with Crippen molar-refractivity contribution in [3.8, 4) is 0 Å². The quantitative estimate of drug-likeness (QED) is 0.722. The molecule has 8 nitrogen and oxygen atoms in total. The number of piperidine rings is 1. The third-order valence-corrected chi connectivity index (χ3v) is 5.88. The minimum atomic E-state index is -0.506. The standard InChI is InChI=1S/C23H36N4O4/c1-23(2,3)31-22(30)26-15-11-18(12-16-26)27-14-6-9-19(27)21(29)24-13-10-20(28)25-17-7-4-5-8-17/h6,9,14,17-18H,4-5,7-8,10-13,15-16H2,1-3H3,(H,24,29)(H,25,28). The fourth-order valence-corrected chi connectivity index (χ4v) is 4.31. The van der Waals surface area contributed by atoms with Crippen molar-refractivity contribution in [2.75, 3.05) is 19.6 Å². The first-order valence-electron chi connectivity index (χ1n) is 11.5. The molecule has 0 radical (unpaired) electrons. The summed E-state index contributed by atoms with van der Waals surface area (Å²) in [5.74, 6) is -0.176. The van der Waals surface area contributed by atoms with Crippen LogP contribution >= 0.6 is 0 Å². The molecule has 1 saturated heterocycles. The van der Waals surface area contributed by atoms with Gasteiger partial charge in [0, 0.05) is 44.3 Å². The Balaban J connectivity index is 1.45. The smallest absolute Gasteiger partial charge is 0.410 e. The summed E-state index contributed by atoms with van der Waals surface area (Å²) < 4.78 is 7.44. The van der Waals surface area contributed by atoms with Crippen molar-refractivity contribution in [2.45, 2.75) is 83.4 Å². The lowest BCUT2D eigenvalue weighted by molar-refractivity contribution is -0.121. The van der Waals surface area contributed by atoms with Gasteiger partial charge in [0.05, 0.1) is 0 Å². The number of amides is 3. The number of likely N-dealkylation sites (tertiary alicyclic amines) is 1. The molecule has 1 saturated carbocycles. The van der Waals surface area contributed by atoms with Crippen molar-refractivity contribution in [3.63, 3.8) is 0 Å². The zero-order chi connectivity index (χ0) is 22.4. The van der Waals surface area contributed by atoms with E-state index in [2.05, 4.69) is 10.6 Å². The van der Waals surface area contributed by atoms with E-state index in [1.165, 1.54) is 12.8 Å². The lowest BCUT2D eigenvalue weighted by Gasteiger charge is -2.34. The van der Waals surface area contributed by atoms with Crippen LogP contribution in [0.1, 0.15) is 82.2 Å². The van der Waals surface area contributed by atoms with Crippen molar-refractivity contribution in [1.82, 2.24) is 20.1 Å². The van der Waals surface area contributed by atoms with E-state index in [0.717, 1.165) is 25.7 Å². The Morgan fingerprint density at radius 2 is 1.77 bits per heavy atom. The predicted octanol–water partition coefficient (Wildman–Crippen LogP) is 3.24. The highest BCUT2D eigenvalue weighted by Crippen LogP contribution is 2.25. The summed E-state index contributed by atoms with van der Waals surface area (Å²) in [6.07, 6.45) is 7.90. The molecule has 172 valence electrons. The Morgan fingerprint density at radius 3 is 2.42 bits per heavy atom. The number of carbonyl (C=O) groups is 3. The second-order valence-corrected chi connectivity index (χ2v) is 9.55. The van der Waals surface area contributed by atoms with Gasteiger partial charge in [-0.1, -0.05) is 12.8 Å². The number of nitrogens with one attached hydrogen (secondary N) is 2. The summed E-state index contributed by atoms with van der Waals surface area (Å²) in [5, 5.41) is 5.91. The molecule has 0 bridgehead atoms. The highest BCUT2D eigenvalue weighted by atomic mass is 16.6. The molecule has 0 aromatic carbocycles. The van der Waals surface area contributed by atoms with E-state index in [1.54, 1.807) is 11.0 Å². The summed E-state index contributed by atoms with van der Waals surface area (Å²) in [5.41, 5.74) is 0.0834. The van der Waals surface area contributed by atoms with Gasteiger partial charge in [-0.15, -0.1) is 0 Å². The third-order valence-electron chi connectivity index (χ3n) is 5.88. The minimum Gasteiger partial charge on any atom is -0.444 e. The average Bonchev–Trinajstić information content (AvgIpc) is 3.38. The van der Waals surface area contributed by atoms with Crippen molar-refractivity contribution in [3.05, 3.63) is 24.0 Å². The molecule has 2 aliphatic rings. The Kier molecular flexibility index (Phi) is 7.62. The van der Waals surface area contributed by atoms with Gasteiger partial charge in [-0.3, -0.25) is 9.59 Å². The summed E-state index contributed by atoms with van der Waals surface area (Å²) in [6.45, 7) is 7.10. The number of rotatable bonds is 6. The van der Waals surface area contributed by atoms with Crippen LogP contribution in [0.5, 0.6) is 0 Å². The van der Waals surface area contributed by atoms with E-state index in [9.17, 15) is 14.4 Å². The number of carbonyl (C=O) groups excluding carboxylic acids is 3. The maximum atomic E-state index is 12.7. The zero-order valence-electron chi connectivity index (χ0n) is 19.0. The van der Waals surface area contributed by atoms with Crippen molar-refractivity contribution in [1.29, 1.82) is 0 Å². The van der Waals surface area contributed by atoms with E-state index in [0.29, 0.717) is 31.4 Å². The van der Waals surface area contributed by atoms with Gasteiger partial charge in [0.1, 0.15) is 11.3 Å². The summed E-state index contributed by atoms with van der Waals surface area (Å²) >= 11 is 0. The maximum absolute atomic E-state index is 12.7. The first kappa shape index (κ1) is 23.2. The van der Waals surface area contributed by atoms with Gasteiger partial charge in [-0.05, 0) is 58.6 Å². The first-order chi connectivity index (χ1) is 14.7. The lowest BCUT2D eigenvalue weighted by Crippen LogP contribution is -2.42. The topological polar surface area (TPSA) is 92.7 Å². The third kappa shape index (κ3) is 6.74. The average molecular weight is 433 g/mol. The van der Waals surface area contributed by atoms with Crippen LogP contribution in [0.3, 0.4) is 0 Å². The highest BCUT2D eigenvalue weighted by molar-refractivity contribution is 5.93. The van der Waals surface area contributed by atoms with E-state index >= 15 is 0 Å². The molecule has 31 heavy (non-hydrogen) atoms. The lowest BCUT2D eigenvalue weighted by atomic mass is 10.0. The van der Waals surface area contributed by atoms with Gasteiger partial charge in [0.15, 0.2) is 0 Å². The number of nitrogens with zero attached hydrogens (tertiary/aromatic N) is 2. The molecule has 3 amide bonds. The Morgan fingerprint density at radius 1 is 1.10 bits per heavy atom. The van der Waals surface area contributed by atoms with E-state index < -0.39 is 5.60 Å². The van der Waals surface area contributed by atoms with Crippen molar-refractivity contribution in [2.24, 2.45) is 0 Å². The van der Waals surface area contributed by atoms with Crippen LogP contribution in [0.4, 0.5) is 4.79 Å².